The fraction of sp³-hybridized carbons (Fsp3) is 0.231. The molecule has 0 fully saturated rings. The third-order valence-corrected chi connectivity index (χ3v) is 5.36. The zero-order chi connectivity index (χ0) is 25.5. The topological polar surface area (TPSA) is 139 Å². The predicted octanol–water partition coefficient (Wildman–Crippen LogP) is 3.24. The summed E-state index contributed by atoms with van der Waals surface area (Å²) in [4.78, 5) is 27.9. The summed E-state index contributed by atoms with van der Waals surface area (Å²) in [6, 6.07) is 17.1. The molecule has 1 aliphatic heterocycles. The van der Waals surface area contributed by atoms with Crippen LogP contribution >= 0.6 is 0 Å². The van der Waals surface area contributed by atoms with Crippen molar-refractivity contribution in [3.63, 3.8) is 0 Å². The Morgan fingerprint density at radius 2 is 1.54 bits per heavy atom. The van der Waals surface area contributed by atoms with E-state index < -0.39 is 17.9 Å². The third kappa shape index (κ3) is 4.80. The summed E-state index contributed by atoms with van der Waals surface area (Å²) in [5.74, 6) is -2.05. The van der Waals surface area contributed by atoms with E-state index in [1.807, 2.05) is 6.07 Å². The molecule has 0 aliphatic carbocycles. The number of rotatable bonds is 7. The molecule has 0 saturated heterocycles. The first kappa shape index (κ1) is 24.9. The zero-order valence-corrected chi connectivity index (χ0v) is 19.6. The molecule has 0 saturated carbocycles. The summed E-state index contributed by atoms with van der Waals surface area (Å²) in [5.41, 5.74) is 7.58. The highest BCUT2D eigenvalue weighted by molar-refractivity contribution is 6.06. The van der Waals surface area contributed by atoms with Gasteiger partial charge in [-0.3, -0.25) is 4.90 Å². The maximum absolute atomic E-state index is 13.3. The van der Waals surface area contributed by atoms with Crippen LogP contribution in [0.15, 0.2) is 71.2 Å². The molecule has 1 atom stereocenters. The Morgan fingerprint density at radius 3 is 2.06 bits per heavy atom. The fourth-order valence-corrected chi connectivity index (χ4v) is 3.82. The lowest BCUT2D eigenvalue weighted by atomic mass is 9.81. The van der Waals surface area contributed by atoms with Gasteiger partial charge in [0, 0.05) is 5.69 Å². The highest BCUT2D eigenvalue weighted by Crippen LogP contribution is 2.43. The van der Waals surface area contributed by atoms with Gasteiger partial charge in [-0.25, -0.2) is 9.59 Å². The molecule has 1 heterocycles. The molecule has 0 amide bonds. The second-order valence-electron chi connectivity index (χ2n) is 7.31. The van der Waals surface area contributed by atoms with Crippen molar-refractivity contribution in [2.75, 3.05) is 25.2 Å². The number of hydrogen-bond donors (Lipinski definition) is 1. The molecule has 9 nitrogen and oxygen atoms in total. The number of nitriles is 2. The number of carbonyl (C=O) groups is 2. The largest absolute Gasteiger partial charge is 0.497 e. The Balaban J connectivity index is 2.37. The van der Waals surface area contributed by atoms with Crippen molar-refractivity contribution >= 4 is 17.6 Å². The van der Waals surface area contributed by atoms with Crippen molar-refractivity contribution < 1.29 is 23.8 Å². The Labute approximate surface area is 203 Å². The lowest BCUT2D eigenvalue weighted by Gasteiger charge is -2.36. The monoisotopic (exact) mass is 472 g/mol. The Morgan fingerprint density at radius 1 is 0.943 bits per heavy atom. The number of nitrogens with two attached hydrogens (primary N) is 1. The zero-order valence-electron chi connectivity index (χ0n) is 19.6. The third-order valence-electron chi connectivity index (χ3n) is 5.36. The van der Waals surface area contributed by atoms with Gasteiger partial charge in [0.05, 0.1) is 55.1 Å². The minimum Gasteiger partial charge on any atom is -0.497 e. The van der Waals surface area contributed by atoms with Crippen LogP contribution in [-0.2, 0) is 19.1 Å². The van der Waals surface area contributed by atoms with E-state index in [0.717, 1.165) is 0 Å². The molecule has 3 rings (SSSR count). The molecule has 2 N–H and O–H groups in total. The van der Waals surface area contributed by atoms with Crippen LogP contribution < -0.4 is 15.4 Å². The first-order valence-electron chi connectivity index (χ1n) is 10.8. The van der Waals surface area contributed by atoms with E-state index in [9.17, 15) is 14.9 Å². The number of hydrogen-bond acceptors (Lipinski definition) is 9. The summed E-state index contributed by atoms with van der Waals surface area (Å²) >= 11 is 0. The van der Waals surface area contributed by atoms with Crippen LogP contribution in [0.3, 0.4) is 0 Å². The van der Waals surface area contributed by atoms with E-state index in [0.29, 0.717) is 22.6 Å². The number of ether oxygens (including phenoxy) is 3. The van der Waals surface area contributed by atoms with Crippen LogP contribution in [0.1, 0.15) is 30.9 Å². The van der Waals surface area contributed by atoms with Crippen LogP contribution in [0.25, 0.3) is 0 Å². The highest BCUT2D eigenvalue weighted by Gasteiger charge is 2.43. The van der Waals surface area contributed by atoms with Crippen LogP contribution in [0.2, 0.25) is 0 Å². The van der Waals surface area contributed by atoms with Crippen molar-refractivity contribution in [2.24, 2.45) is 5.73 Å². The van der Waals surface area contributed by atoms with E-state index >= 15 is 0 Å². The fourth-order valence-electron chi connectivity index (χ4n) is 3.82. The molecule has 35 heavy (non-hydrogen) atoms. The maximum atomic E-state index is 13.3. The number of nitrogens with zero attached hydrogens (tertiary/aromatic N) is 3. The molecule has 1 aliphatic rings. The van der Waals surface area contributed by atoms with Gasteiger partial charge in [0.2, 0.25) is 0 Å². The number of carbonyl (C=O) groups excluding carboxylic acids is 2. The highest BCUT2D eigenvalue weighted by atomic mass is 16.5. The van der Waals surface area contributed by atoms with Gasteiger partial charge in [-0.1, -0.05) is 12.1 Å². The normalized spacial score (nSPS) is 15.2. The number of methoxy groups -OCH3 is 1. The molecular formula is C26H24N4O5. The van der Waals surface area contributed by atoms with Crippen molar-refractivity contribution in [1.29, 1.82) is 10.5 Å². The lowest BCUT2D eigenvalue weighted by Crippen LogP contribution is -2.41. The van der Waals surface area contributed by atoms with Crippen molar-refractivity contribution in [1.82, 2.24) is 0 Å². The smallest absolute Gasteiger partial charge is 0.355 e. The summed E-state index contributed by atoms with van der Waals surface area (Å²) in [7, 11) is 1.52. The summed E-state index contributed by atoms with van der Waals surface area (Å²) in [6.45, 7) is 3.37. The number of benzene rings is 2. The first-order valence-corrected chi connectivity index (χ1v) is 10.8. The van der Waals surface area contributed by atoms with Gasteiger partial charge in [0.1, 0.15) is 17.3 Å². The Kier molecular flexibility index (Phi) is 7.75. The van der Waals surface area contributed by atoms with E-state index in [2.05, 4.69) is 6.07 Å². The molecule has 0 radical (unpaired) electrons. The average molecular weight is 473 g/mol. The second kappa shape index (κ2) is 10.9. The summed E-state index contributed by atoms with van der Waals surface area (Å²) in [5, 5.41) is 19.3. The van der Waals surface area contributed by atoms with Gasteiger partial charge in [-0.05, 0) is 55.8 Å². The maximum Gasteiger partial charge on any atom is 0.355 e. The SMILES string of the molecule is CCOC(=O)C1=C(C(=O)OCC)N(c2ccc(C#N)cc2)C(N)=C(C#N)C1c1ccc(OC)cc1. The molecule has 0 spiro atoms. The van der Waals surface area contributed by atoms with Crippen LogP contribution in [0.4, 0.5) is 5.69 Å². The molecular weight excluding hydrogens is 448 g/mol. The number of allylic oxidation sites excluding steroid dienone is 1. The van der Waals surface area contributed by atoms with Gasteiger partial charge in [-0.15, -0.1) is 0 Å². The second-order valence-corrected chi connectivity index (χ2v) is 7.31. The lowest BCUT2D eigenvalue weighted by molar-refractivity contribution is -0.142. The minimum absolute atomic E-state index is 0.0432. The van der Waals surface area contributed by atoms with Gasteiger partial charge in [0.25, 0.3) is 0 Å². The molecule has 0 aromatic heterocycles. The average Bonchev–Trinajstić information content (AvgIpc) is 2.88. The van der Waals surface area contributed by atoms with E-state index in [1.54, 1.807) is 50.2 Å². The molecule has 2 aromatic rings. The van der Waals surface area contributed by atoms with Crippen molar-refractivity contribution in [3.05, 3.63) is 82.3 Å². The van der Waals surface area contributed by atoms with E-state index in [1.165, 1.54) is 24.1 Å². The Hall–Kier alpha value is -4.76. The van der Waals surface area contributed by atoms with Gasteiger partial charge in [-0.2, -0.15) is 10.5 Å². The summed E-state index contributed by atoms with van der Waals surface area (Å²) < 4.78 is 15.8. The van der Waals surface area contributed by atoms with Crippen molar-refractivity contribution in [3.8, 4) is 17.9 Å². The van der Waals surface area contributed by atoms with Gasteiger partial charge in [0.15, 0.2) is 0 Å². The summed E-state index contributed by atoms with van der Waals surface area (Å²) in [6.07, 6.45) is 0. The first-order chi connectivity index (χ1) is 16.9. The minimum atomic E-state index is -0.987. The van der Waals surface area contributed by atoms with Crippen LogP contribution in [0.5, 0.6) is 5.75 Å². The molecule has 0 bridgehead atoms. The van der Waals surface area contributed by atoms with E-state index in [-0.39, 0.29) is 35.9 Å². The Bertz CT molecular complexity index is 1260. The number of anilines is 1. The van der Waals surface area contributed by atoms with E-state index in [4.69, 9.17) is 25.2 Å². The van der Waals surface area contributed by atoms with Crippen LogP contribution in [-0.4, -0.2) is 32.3 Å². The van der Waals surface area contributed by atoms with Crippen molar-refractivity contribution in [2.45, 2.75) is 19.8 Å². The molecule has 1 unspecified atom stereocenters. The van der Waals surface area contributed by atoms with Gasteiger partial charge >= 0.3 is 11.9 Å². The standard InChI is InChI=1S/C26H24N4O5/c1-4-34-25(31)22-21(17-8-12-19(33-3)13-9-17)20(15-28)24(29)30(23(22)26(32)35-5-2)18-10-6-16(14-27)7-11-18/h6-13,21H,4-5,29H2,1-3H3. The quantitative estimate of drug-likeness (QED) is 0.602. The van der Waals surface area contributed by atoms with Crippen LogP contribution in [0, 0.1) is 22.7 Å². The predicted molar refractivity (Wildman–Crippen MR) is 126 cm³/mol. The molecule has 178 valence electrons. The molecule has 2 aromatic carbocycles. The molecule has 9 heteroatoms. The van der Waals surface area contributed by atoms with Gasteiger partial charge < -0.3 is 19.9 Å². The number of esters is 2.